The van der Waals surface area contributed by atoms with Gasteiger partial charge in [-0.25, -0.2) is 4.98 Å². The number of ether oxygens (including phenoxy) is 2. The molecular formula is C14H18N2O2. The summed E-state index contributed by atoms with van der Waals surface area (Å²) in [7, 11) is 0. The van der Waals surface area contributed by atoms with Gasteiger partial charge in [-0.1, -0.05) is 12.2 Å². The minimum absolute atomic E-state index is 0.311. The van der Waals surface area contributed by atoms with Crippen molar-refractivity contribution in [2.75, 3.05) is 26.3 Å². The van der Waals surface area contributed by atoms with Crippen LogP contribution in [0.25, 0.3) is 0 Å². The van der Waals surface area contributed by atoms with E-state index >= 15 is 0 Å². The third-order valence-corrected chi connectivity index (χ3v) is 3.49. The monoisotopic (exact) mass is 246 g/mol. The predicted molar refractivity (Wildman–Crippen MR) is 69.0 cm³/mol. The molecule has 0 radical (unpaired) electrons. The van der Waals surface area contributed by atoms with Gasteiger partial charge in [0.25, 0.3) is 5.88 Å². The fourth-order valence-electron chi connectivity index (χ4n) is 2.38. The third kappa shape index (κ3) is 2.20. The SMILES string of the molecule is CC(c1ccc2c(n1)OCCO2)N1CC=CCC1. The summed E-state index contributed by atoms with van der Waals surface area (Å²) >= 11 is 0. The average Bonchev–Trinajstić information content (AvgIpc) is 2.47. The van der Waals surface area contributed by atoms with E-state index in [1.807, 2.05) is 12.1 Å². The molecule has 0 bridgehead atoms. The zero-order valence-electron chi connectivity index (χ0n) is 10.6. The highest BCUT2D eigenvalue weighted by Gasteiger charge is 2.20. The van der Waals surface area contributed by atoms with E-state index in [0.29, 0.717) is 25.1 Å². The summed E-state index contributed by atoms with van der Waals surface area (Å²) in [6.07, 6.45) is 5.58. The highest BCUT2D eigenvalue weighted by atomic mass is 16.6. The van der Waals surface area contributed by atoms with Gasteiger partial charge in [0, 0.05) is 19.1 Å². The second kappa shape index (κ2) is 4.98. The predicted octanol–water partition coefficient (Wildman–Crippen LogP) is 2.18. The van der Waals surface area contributed by atoms with Gasteiger partial charge in [-0.2, -0.15) is 0 Å². The molecule has 1 aromatic rings. The Hall–Kier alpha value is -1.55. The maximum Gasteiger partial charge on any atom is 0.257 e. The topological polar surface area (TPSA) is 34.6 Å². The van der Waals surface area contributed by atoms with Crippen LogP contribution in [0.15, 0.2) is 24.3 Å². The number of rotatable bonds is 2. The first-order chi connectivity index (χ1) is 8.84. The highest BCUT2D eigenvalue weighted by molar-refractivity contribution is 5.36. The van der Waals surface area contributed by atoms with Crippen LogP contribution < -0.4 is 9.47 Å². The molecule has 0 fully saturated rings. The molecule has 18 heavy (non-hydrogen) atoms. The summed E-state index contributed by atoms with van der Waals surface area (Å²) in [5.74, 6) is 1.40. The molecule has 3 heterocycles. The van der Waals surface area contributed by atoms with Gasteiger partial charge < -0.3 is 9.47 Å². The normalized spacial score (nSPS) is 20.7. The molecule has 96 valence electrons. The number of aromatic nitrogens is 1. The van der Waals surface area contributed by atoms with E-state index in [0.717, 1.165) is 31.0 Å². The van der Waals surface area contributed by atoms with Crippen LogP contribution in [-0.4, -0.2) is 36.2 Å². The summed E-state index contributed by atoms with van der Waals surface area (Å²) < 4.78 is 11.0. The quantitative estimate of drug-likeness (QED) is 0.749. The van der Waals surface area contributed by atoms with Crippen molar-refractivity contribution in [3.63, 3.8) is 0 Å². The molecule has 0 N–H and O–H groups in total. The minimum Gasteiger partial charge on any atom is -0.484 e. The molecule has 4 heteroatoms. The van der Waals surface area contributed by atoms with Gasteiger partial charge in [0.2, 0.25) is 0 Å². The smallest absolute Gasteiger partial charge is 0.257 e. The molecule has 0 aromatic carbocycles. The summed E-state index contributed by atoms with van der Waals surface area (Å²) in [6.45, 7) is 5.48. The Morgan fingerprint density at radius 1 is 1.22 bits per heavy atom. The third-order valence-electron chi connectivity index (χ3n) is 3.49. The van der Waals surface area contributed by atoms with Crippen LogP contribution in [0.2, 0.25) is 0 Å². The lowest BCUT2D eigenvalue weighted by molar-refractivity contribution is 0.161. The van der Waals surface area contributed by atoms with Gasteiger partial charge in [0.05, 0.1) is 5.69 Å². The highest BCUT2D eigenvalue weighted by Crippen LogP contribution is 2.30. The van der Waals surface area contributed by atoms with Crippen LogP contribution in [0.1, 0.15) is 25.1 Å². The number of pyridine rings is 1. The molecule has 3 rings (SSSR count). The molecular weight excluding hydrogens is 228 g/mol. The van der Waals surface area contributed by atoms with E-state index in [2.05, 4.69) is 29.0 Å². The van der Waals surface area contributed by atoms with Gasteiger partial charge >= 0.3 is 0 Å². The number of nitrogens with zero attached hydrogens (tertiary/aromatic N) is 2. The maximum absolute atomic E-state index is 5.53. The molecule has 1 unspecified atom stereocenters. The van der Waals surface area contributed by atoms with Gasteiger partial charge in [-0.15, -0.1) is 0 Å². The molecule has 1 atom stereocenters. The van der Waals surface area contributed by atoms with Crippen molar-refractivity contribution < 1.29 is 9.47 Å². The minimum atomic E-state index is 0.311. The Labute approximate surface area is 107 Å². The molecule has 2 aliphatic heterocycles. The summed E-state index contributed by atoms with van der Waals surface area (Å²) in [4.78, 5) is 6.99. The van der Waals surface area contributed by atoms with Gasteiger partial charge in [0.1, 0.15) is 13.2 Å². The second-order valence-corrected chi connectivity index (χ2v) is 4.67. The molecule has 0 saturated carbocycles. The number of fused-ring (bicyclic) bond motifs is 1. The Balaban J connectivity index is 1.80. The van der Waals surface area contributed by atoms with E-state index < -0.39 is 0 Å². The van der Waals surface area contributed by atoms with Crippen LogP contribution in [0.4, 0.5) is 0 Å². The summed E-state index contributed by atoms with van der Waals surface area (Å²) in [6, 6.07) is 4.31. The van der Waals surface area contributed by atoms with E-state index in [1.165, 1.54) is 0 Å². The fraction of sp³-hybridized carbons (Fsp3) is 0.500. The zero-order chi connectivity index (χ0) is 12.4. The van der Waals surface area contributed by atoms with Crippen molar-refractivity contribution in [2.24, 2.45) is 0 Å². The molecule has 0 aliphatic carbocycles. The van der Waals surface area contributed by atoms with E-state index in [-0.39, 0.29) is 0 Å². The first kappa shape index (κ1) is 11.5. The molecule has 0 spiro atoms. The maximum atomic E-state index is 5.53. The molecule has 0 saturated heterocycles. The van der Waals surface area contributed by atoms with Crippen molar-refractivity contribution in [3.05, 3.63) is 30.0 Å². The van der Waals surface area contributed by atoms with Crippen LogP contribution in [-0.2, 0) is 0 Å². The lowest BCUT2D eigenvalue weighted by Crippen LogP contribution is -2.30. The Morgan fingerprint density at radius 3 is 2.94 bits per heavy atom. The second-order valence-electron chi connectivity index (χ2n) is 4.67. The van der Waals surface area contributed by atoms with E-state index in [4.69, 9.17) is 9.47 Å². The van der Waals surface area contributed by atoms with Crippen molar-refractivity contribution in [3.8, 4) is 11.6 Å². The first-order valence-electron chi connectivity index (χ1n) is 6.50. The van der Waals surface area contributed by atoms with Crippen molar-refractivity contribution in [1.82, 2.24) is 9.88 Å². The lowest BCUT2D eigenvalue weighted by Gasteiger charge is -2.30. The van der Waals surface area contributed by atoms with Gasteiger partial charge in [0.15, 0.2) is 5.75 Å². The fourth-order valence-corrected chi connectivity index (χ4v) is 2.38. The van der Waals surface area contributed by atoms with Crippen LogP contribution >= 0.6 is 0 Å². The van der Waals surface area contributed by atoms with Gasteiger partial charge in [-0.05, 0) is 25.5 Å². The van der Waals surface area contributed by atoms with Crippen LogP contribution in [0.5, 0.6) is 11.6 Å². The van der Waals surface area contributed by atoms with Crippen molar-refractivity contribution >= 4 is 0 Å². The molecule has 2 aliphatic rings. The zero-order valence-corrected chi connectivity index (χ0v) is 10.6. The van der Waals surface area contributed by atoms with Crippen LogP contribution in [0, 0.1) is 0 Å². The van der Waals surface area contributed by atoms with E-state index in [1.54, 1.807) is 0 Å². The van der Waals surface area contributed by atoms with E-state index in [9.17, 15) is 0 Å². The van der Waals surface area contributed by atoms with Gasteiger partial charge in [-0.3, -0.25) is 4.90 Å². The summed E-state index contributed by atoms with van der Waals surface area (Å²) in [5.41, 5.74) is 1.05. The Bertz CT molecular complexity index is 459. The lowest BCUT2D eigenvalue weighted by atomic mass is 10.1. The van der Waals surface area contributed by atoms with Crippen molar-refractivity contribution in [2.45, 2.75) is 19.4 Å². The van der Waals surface area contributed by atoms with Crippen molar-refractivity contribution in [1.29, 1.82) is 0 Å². The largest absolute Gasteiger partial charge is 0.484 e. The molecule has 1 aromatic heterocycles. The standard InChI is InChI=1S/C14H18N2O2/c1-11(16-7-3-2-4-8-16)12-5-6-13-14(15-12)18-10-9-17-13/h2-3,5-6,11H,4,7-10H2,1H3. The Kier molecular flexibility index (Phi) is 3.19. The average molecular weight is 246 g/mol. The number of hydrogen-bond donors (Lipinski definition) is 0. The summed E-state index contributed by atoms with van der Waals surface area (Å²) in [5, 5.41) is 0. The Morgan fingerprint density at radius 2 is 2.11 bits per heavy atom. The molecule has 4 nitrogen and oxygen atoms in total. The number of hydrogen-bond acceptors (Lipinski definition) is 4. The van der Waals surface area contributed by atoms with Crippen LogP contribution in [0.3, 0.4) is 0 Å². The first-order valence-corrected chi connectivity index (χ1v) is 6.50. The molecule has 0 amide bonds.